The first-order valence-electron chi connectivity index (χ1n) is 8.06. The first-order chi connectivity index (χ1) is 10.5. The SMILES string of the molecule is Cc1nn(C)c2nc([C@H]3CCCN(C(=O)C(C)C)C3)ccc12. The summed E-state index contributed by atoms with van der Waals surface area (Å²) >= 11 is 0. The van der Waals surface area contributed by atoms with Crippen LogP contribution in [0.4, 0.5) is 0 Å². The first-order valence-corrected chi connectivity index (χ1v) is 8.06. The molecule has 0 aromatic carbocycles. The Morgan fingerprint density at radius 3 is 2.86 bits per heavy atom. The summed E-state index contributed by atoms with van der Waals surface area (Å²) in [5.41, 5.74) is 3.02. The van der Waals surface area contributed by atoms with Crippen LogP contribution in [0.2, 0.25) is 0 Å². The van der Waals surface area contributed by atoms with Crippen molar-refractivity contribution in [2.24, 2.45) is 13.0 Å². The van der Waals surface area contributed by atoms with E-state index in [1.54, 1.807) is 0 Å². The number of rotatable bonds is 2. The van der Waals surface area contributed by atoms with Gasteiger partial charge >= 0.3 is 0 Å². The van der Waals surface area contributed by atoms with Crippen LogP contribution in [0, 0.1) is 12.8 Å². The summed E-state index contributed by atoms with van der Waals surface area (Å²) in [6.45, 7) is 7.60. The van der Waals surface area contributed by atoms with E-state index >= 15 is 0 Å². The molecule has 1 fully saturated rings. The molecule has 0 aliphatic carbocycles. The van der Waals surface area contributed by atoms with Crippen molar-refractivity contribution in [2.45, 2.75) is 39.5 Å². The fourth-order valence-electron chi connectivity index (χ4n) is 3.33. The molecule has 2 aromatic rings. The van der Waals surface area contributed by atoms with Gasteiger partial charge in [-0.15, -0.1) is 0 Å². The van der Waals surface area contributed by atoms with Crippen LogP contribution in [0.25, 0.3) is 11.0 Å². The number of nitrogens with zero attached hydrogens (tertiary/aromatic N) is 4. The zero-order valence-corrected chi connectivity index (χ0v) is 13.8. The third kappa shape index (κ3) is 2.60. The van der Waals surface area contributed by atoms with Crippen molar-refractivity contribution in [1.82, 2.24) is 19.7 Å². The summed E-state index contributed by atoms with van der Waals surface area (Å²) in [7, 11) is 1.93. The normalized spacial score (nSPS) is 19.1. The molecule has 1 aliphatic heterocycles. The van der Waals surface area contributed by atoms with Gasteiger partial charge in [-0.2, -0.15) is 5.10 Å². The van der Waals surface area contributed by atoms with E-state index in [-0.39, 0.29) is 11.8 Å². The Bertz CT molecular complexity index is 704. The number of piperidine rings is 1. The highest BCUT2D eigenvalue weighted by Gasteiger charge is 2.27. The summed E-state index contributed by atoms with van der Waals surface area (Å²) in [6.07, 6.45) is 2.14. The summed E-state index contributed by atoms with van der Waals surface area (Å²) in [5.74, 6) is 0.645. The van der Waals surface area contributed by atoms with Gasteiger partial charge in [0.2, 0.25) is 5.91 Å². The molecule has 2 aromatic heterocycles. The van der Waals surface area contributed by atoms with E-state index in [0.717, 1.165) is 48.4 Å². The zero-order chi connectivity index (χ0) is 15.9. The molecule has 0 saturated carbocycles. The Balaban J connectivity index is 1.87. The summed E-state index contributed by atoms with van der Waals surface area (Å²) in [4.78, 5) is 19.1. The number of likely N-dealkylation sites (tertiary alicyclic amines) is 1. The topological polar surface area (TPSA) is 51.0 Å². The van der Waals surface area contributed by atoms with Crippen LogP contribution in [0.5, 0.6) is 0 Å². The molecule has 0 bridgehead atoms. The van der Waals surface area contributed by atoms with Crippen LogP contribution >= 0.6 is 0 Å². The average Bonchev–Trinajstić information content (AvgIpc) is 2.81. The monoisotopic (exact) mass is 300 g/mol. The van der Waals surface area contributed by atoms with E-state index in [0.29, 0.717) is 5.92 Å². The summed E-state index contributed by atoms with van der Waals surface area (Å²) in [5, 5.41) is 5.54. The van der Waals surface area contributed by atoms with Crippen LogP contribution in [0.15, 0.2) is 12.1 Å². The van der Waals surface area contributed by atoms with Crippen LogP contribution in [-0.2, 0) is 11.8 Å². The van der Waals surface area contributed by atoms with Crippen molar-refractivity contribution < 1.29 is 4.79 Å². The number of aromatic nitrogens is 3. The second kappa shape index (κ2) is 5.71. The Labute approximate surface area is 131 Å². The summed E-state index contributed by atoms with van der Waals surface area (Å²) < 4.78 is 1.84. The molecule has 1 saturated heterocycles. The highest BCUT2D eigenvalue weighted by atomic mass is 16.2. The van der Waals surface area contributed by atoms with Gasteiger partial charge < -0.3 is 4.90 Å². The van der Waals surface area contributed by atoms with Gasteiger partial charge in [-0.05, 0) is 31.9 Å². The van der Waals surface area contributed by atoms with Crippen molar-refractivity contribution in [1.29, 1.82) is 0 Å². The molecule has 0 N–H and O–H groups in total. The lowest BCUT2D eigenvalue weighted by Crippen LogP contribution is -2.41. The fraction of sp³-hybridized carbons (Fsp3) is 0.588. The van der Waals surface area contributed by atoms with Gasteiger partial charge in [0.1, 0.15) is 0 Å². The van der Waals surface area contributed by atoms with Crippen molar-refractivity contribution in [3.63, 3.8) is 0 Å². The lowest BCUT2D eigenvalue weighted by atomic mass is 9.93. The quantitative estimate of drug-likeness (QED) is 0.856. The molecule has 0 unspecified atom stereocenters. The molecule has 3 heterocycles. The van der Waals surface area contributed by atoms with Crippen LogP contribution in [0.1, 0.15) is 44.0 Å². The van der Waals surface area contributed by atoms with E-state index in [4.69, 9.17) is 4.98 Å². The number of carbonyl (C=O) groups is 1. The predicted molar refractivity (Wildman–Crippen MR) is 86.6 cm³/mol. The lowest BCUT2D eigenvalue weighted by Gasteiger charge is -2.33. The van der Waals surface area contributed by atoms with Gasteiger partial charge in [-0.3, -0.25) is 9.48 Å². The Hall–Kier alpha value is -1.91. The maximum Gasteiger partial charge on any atom is 0.225 e. The van der Waals surface area contributed by atoms with Crippen molar-refractivity contribution in [3.8, 4) is 0 Å². The number of hydrogen-bond acceptors (Lipinski definition) is 3. The van der Waals surface area contributed by atoms with Gasteiger partial charge in [0.05, 0.1) is 5.69 Å². The van der Waals surface area contributed by atoms with Crippen molar-refractivity contribution in [3.05, 3.63) is 23.5 Å². The molecule has 0 spiro atoms. The van der Waals surface area contributed by atoms with Gasteiger partial charge in [-0.1, -0.05) is 13.8 Å². The Morgan fingerprint density at radius 2 is 2.14 bits per heavy atom. The maximum atomic E-state index is 12.2. The minimum Gasteiger partial charge on any atom is -0.342 e. The minimum atomic E-state index is 0.0638. The van der Waals surface area contributed by atoms with E-state index in [9.17, 15) is 4.79 Å². The Morgan fingerprint density at radius 1 is 1.36 bits per heavy atom. The third-order valence-corrected chi connectivity index (χ3v) is 4.54. The molecule has 1 aliphatic rings. The molecule has 5 nitrogen and oxygen atoms in total. The molecule has 3 rings (SSSR count). The highest BCUT2D eigenvalue weighted by Crippen LogP contribution is 2.28. The van der Waals surface area contributed by atoms with Crippen LogP contribution in [-0.4, -0.2) is 38.7 Å². The molecule has 1 amide bonds. The fourth-order valence-corrected chi connectivity index (χ4v) is 3.33. The molecule has 22 heavy (non-hydrogen) atoms. The lowest BCUT2D eigenvalue weighted by molar-refractivity contribution is -0.135. The average molecular weight is 300 g/mol. The van der Waals surface area contributed by atoms with E-state index in [1.165, 1.54) is 0 Å². The molecular weight excluding hydrogens is 276 g/mol. The standard InChI is InChI=1S/C17H24N4O/c1-11(2)17(22)21-9-5-6-13(10-21)15-8-7-14-12(3)19-20(4)16(14)18-15/h7-8,11,13H,5-6,9-10H2,1-4H3/t13-/m0/s1. The zero-order valence-electron chi connectivity index (χ0n) is 13.8. The van der Waals surface area contributed by atoms with E-state index in [1.807, 2.05) is 37.4 Å². The maximum absolute atomic E-state index is 12.2. The largest absolute Gasteiger partial charge is 0.342 e. The van der Waals surface area contributed by atoms with Gasteiger partial charge in [0.25, 0.3) is 0 Å². The number of fused-ring (bicyclic) bond motifs is 1. The van der Waals surface area contributed by atoms with Crippen LogP contribution in [0.3, 0.4) is 0 Å². The molecule has 0 radical (unpaired) electrons. The minimum absolute atomic E-state index is 0.0638. The van der Waals surface area contributed by atoms with Crippen molar-refractivity contribution >= 4 is 16.9 Å². The van der Waals surface area contributed by atoms with E-state index < -0.39 is 0 Å². The molecular formula is C17H24N4O. The number of aryl methyl sites for hydroxylation is 2. The molecule has 118 valence electrons. The van der Waals surface area contributed by atoms with Crippen LogP contribution < -0.4 is 0 Å². The second-order valence-electron chi connectivity index (χ2n) is 6.59. The Kier molecular flexibility index (Phi) is 3.89. The van der Waals surface area contributed by atoms with E-state index in [2.05, 4.69) is 17.2 Å². The van der Waals surface area contributed by atoms with Crippen molar-refractivity contribution in [2.75, 3.05) is 13.1 Å². The second-order valence-corrected chi connectivity index (χ2v) is 6.59. The molecule has 5 heteroatoms. The number of pyridine rings is 1. The van der Waals surface area contributed by atoms with Gasteiger partial charge in [0.15, 0.2) is 5.65 Å². The smallest absolute Gasteiger partial charge is 0.225 e. The summed E-state index contributed by atoms with van der Waals surface area (Å²) in [6, 6.07) is 4.22. The van der Waals surface area contributed by atoms with Gasteiger partial charge in [-0.25, -0.2) is 4.98 Å². The first kappa shape index (κ1) is 15.0. The number of amides is 1. The predicted octanol–water partition coefficient (Wildman–Crippen LogP) is 2.64. The molecule has 1 atom stereocenters. The number of carbonyl (C=O) groups excluding carboxylic acids is 1. The number of hydrogen-bond donors (Lipinski definition) is 0. The highest BCUT2D eigenvalue weighted by molar-refractivity contribution is 5.79. The van der Waals surface area contributed by atoms with Gasteiger partial charge in [0, 0.05) is 43.1 Å². The third-order valence-electron chi connectivity index (χ3n) is 4.54.